The molecule has 1 heterocycles. The highest BCUT2D eigenvalue weighted by Gasteiger charge is 2.36. The van der Waals surface area contributed by atoms with Gasteiger partial charge in [-0.25, -0.2) is 0 Å². The molecule has 1 aromatic carbocycles. The lowest BCUT2D eigenvalue weighted by Gasteiger charge is -2.26. The molecule has 2 N–H and O–H groups in total. The van der Waals surface area contributed by atoms with Crippen LogP contribution in [-0.4, -0.2) is 30.5 Å². The van der Waals surface area contributed by atoms with Crippen LogP contribution in [0, 0.1) is 11.3 Å². The summed E-state index contributed by atoms with van der Waals surface area (Å²) in [5, 5.41) is 0. The molecule has 0 saturated carbocycles. The number of nitrogens with two attached hydrogens (primary N) is 1. The fraction of sp³-hybridized carbons (Fsp3) is 0.588. The van der Waals surface area contributed by atoms with Gasteiger partial charge in [-0.1, -0.05) is 32.9 Å². The number of rotatable bonds is 5. The Morgan fingerprint density at radius 1 is 1.29 bits per heavy atom. The third-order valence-corrected chi connectivity index (χ3v) is 4.23. The molecule has 116 valence electrons. The molecule has 0 aromatic heterocycles. The van der Waals surface area contributed by atoms with Crippen LogP contribution in [0.15, 0.2) is 24.3 Å². The van der Waals surface area contributed by atoms with E-state index in [1.807, 2.05) is 29.2 Å². The van der Waals surface area contributed by atoms with Crippen molar-refractivity contribution in [3.05, 3.63) is 29.8 Å². The van der Waals surface area contributed by atoms with E-state index in [0.29, 0.717) is 32.0 Å². The first-order valence-electron chi connectivity index (χ1n) is 7.59. The smallest absolute Gasteiger partial charge is 0.223 e. The van der Waals surface area contributed by atoms with Crippen molar-refractivity contribution in [3.63, 3.8) is 0 Å². The lowest BCUT2D eigenvalue weighted by molar-refractivity contribution is -0.128. The number of nitrogens with zero attached hydrogens (tertiary/aromatic N) is 1. The molecule has 4 heteroatoms. The van der Waals surface area contributed by atoms with Gasteiger partial charge in [0.25, 0.3) is 0 Å². The molecule has 21 heavy (non-hydrogen) atoms. The van der Waals surface area contributed by atoms with Crippen LogP contribution in [0.2, 0.25) is 0 Å². The average molecular weight is 290 g/mol. The van der Waals surface area contributed by atoms with Crippen LogP contribution < -0.4 is 10.5 Å². The number of hydrogen-bond donors (Lipinski definition) is 1. The molecule has 2 rings (SSSR count). The van der Waals surface area contributed by atoms with Crippen LogP contribution in [0.4, 0.5) is 0 Å². The Morgan fingerprint density at radius 3 is 2.48 bits per heavy atom. The molecule has 1 saturated heterocycles. The van der Waals surface area contributed by atoms with E-state index < -0.39 is 0 Å². The minimum absolute atomic E-state index is 0.184. The van der Waals surface area contributed by atoms with Gasteiger partial charge in [-0.05, 0) is 29.0 Å². The Morgan fingerprint density at radius 2 is 1.95 bits per heavy atom. The monoisotopic (exact) mass is 290 g/mol. The molecular formula is C17H26N2O2. The number of amides is 1. The predicted octanol–water partition coefficient (Wildman–Crippen LogP) is 2.42. The molecule has 1 aliphatic rings. The van der Waals surface area contributed by atoms with Gasteiger partial charge in [-0.2, -0.15) is 0 Å². The number of ether oxygens (including phenoxy) is 1. The Balaban J connectivity index is 1.79. The summed E-state index contributed by atoms with van der Waals surface area (Å²) in [6.45, 7) is 9.17. The molecule has 1 unspecified atom stereocenters. The van der Waals surface area contributed by atoms with Gasteiger partial charge in [0, 0.05) is 19.5 Å². The first kappa shape index (κ1) is 15.8. The lowest BCUT2D eigenvalue weighted by Crippen LogP contribution is -2.31. The average Bonchev–Trinajstić information content (AvgIpc) is 2.81. The van der Waals surface area contributed by atoms with Gasteiger partial charge in [0.2, 0.25) is 5.91 Å². The maximum absolute atomic E-state index is 12.0. The van der Waals surface area contributed by atoms with Gasteiger partial charge in [0.1, 0.15) is 12.4 Å². The lowest BCUT2D eigenvalue weighted by atomic mass is 9.80. The van der Waals surface area contributed by atoms with Crippen LogP contribution >= 0.6 is 0 Å². The van der Waals surface area contributed by atoms with E-state index in [4.69, 9.17) is 10.5 Å². The molecule has 4 nitrogen and oxygen atoms in total. The Labute approximate surface area is 127 Å². The largest absolute Gasteiger partial charge is 0.492 e. The zero-order valence-electron chi connectivity index (χ0n) is 13.3. The number of hydrogen-bond acceptors (Lipinski definition) is 3. The van der Waals surface area contributed by atoms with Gasteiger partial charge >= 0.3 is 0 Å². The van der Waals surface area contributed by atoms with Crippen molar-refractivity contribution in [2.45, 2.75) is 33.7 Å². The second-order valence-corrected chi connectivity index (χ2v) is 6.80. The van der Waals surface area contributed by atoms with E-state index in [1.165, 1.54) is 0 Å². The summed E-state index contributed by atoms with van der Waals surface area (Å²) in [7, 11) is 0. The van der Waals surface area contributed by atoms with E-state index in [0.717, 1.165) is 17.9 Å². The van der Waals surface area contributed by atoms with Crippen molar-refractivity contribution in [2.24, 2.45) is 17.1 Å². The summed E-state index contributed by atoms with van der Waals surface area (Å²) in [6, 6.07) is 7.77. The number of carbonyl (C=O) groups is 1. The van der Waals surface area contributed by atoms with E-state index in [-0.39, 0.29) is 11.3 Å². The summed E-state index contributed by atoms with van der Waals surface area (Å²) >= 11 is 0. The second kappa shape index (κ2) is 6.48. The standard InChI is InChI=1S/C17H26N2O2/c1-17(2,3)14-10-16(20)19(12-14)8-9-21-15-6-4-13(11-18)5-7-15/h4-7,14H,8-12,18H2,1-3H3. The van der Waals surface area contributed by atoms with Crippen LogP contribution in [-0.2, 0) is 11.3 Å². The maximum Gasteiger partial charge on any atom is 0.223 e. The minimum Gasteiger partial charge on any atom is -0.492 e. The number of benzene rings is 1. The zero-order valence-corrected chi connectivity index (χ0v) is 13.3. The Bertz CT molecular complexity index is 477. The fourth-order valence-corrected chi connectivity index (χ4v) is 2.56. The SMILES string of the molecule is CC(C)(C)C1CC(=O)N(CCOc2ccc(CN)cc2)C1. The second-order valence-electron chi connectivity index (χ2n) is 6.80. The van der Waals surface area contributed by atoms with Crippen LogP contribution in [0.1, 0.15) is 32.8 Å². The molecule has 1 amide bonds. The van der Waals surface area contributed by atoms with Crippen LogP contribution in [0.5, 0.6) is 5.75 Å². The van der Waals surface area contributed by atoms with Crippen molar-refractivity contribution in [3.8, 4) is 5.75 Å². The molecule has 1 atom stereocenters. The topological polar surface area (TPSA) is 55.6 Å². The third-order valence-electron chi connectivity index (χ3n) is 4.23. The molecule has 0 radical (unpaired) electrons. The van der Waals surface area contributed by atoms with Gasteiger partial charge in [0.05, 0.1) is 6.54 Å². The van der Waals surface area contributed by atoms with E-state index in [2.05, 4.69) is 20.8 Å². The molecule has 1 aliphatic heterocycles. The zero-order chi connectivity index (χ0) is 15.5. The van der Waals surface area contributed by atoms with Crippen molar-refractivity contribution in [2.75, 3.05) is 19.7 Å². The van der Waals surface area contributed by atoms with E-state index in [9.17, 15) is 4.79 Å². The first-order chi connectivity index (χ1) is 9.90. The fourth-order valence-electron chi connectivity index (χ4n) is 2.56. The van der Waals surface area contributed by atoms with Gasteiger partial charge in [0.15, 0.2) is 0 Å². The quantitative estimate of drug-likeness (QED) is 0.906. The summed E-state index contributed by atoms with van der Waals surface area (Å²) in [4.78, 5) is 13.9. The van der Waals surface area contributed by atoms with Crippen LogP contribution in [0.3, 0.4) is 0 Å². The van der Waals surface area contributed by atoms with Gasteiger partial charge in [-0.15, -0.1) is 0 Å². The predicted molar refractivity (Wildman–Crippen MR) is 84.0 cm³/mol. The minimum atomic E-state index is 0.184. The summed E-state index contributed by atoms with van der Waals surface area (Å²) in [5.41, 5.74) is 6.83. The number of likely N-dealkylation sites (tertiary alicyclic amines) is 1. The summed E-state index contributed by atoms with van der Waals surface area (Å²) in [5.74, 6) is 1.51. The van der Waals surface area contributed by atoms with E-state index >= 15 is 0 Å². The molecule has 0 spiro atoms. The highest BCUT2D eigenvalue weighted by molar-refractivity contribution is 5.78. The third kappa shape index (κ3) is 4.21. The Kier molecular flexibility index (Phi) is 4.88. The number of carbonyl (C=O) groups excluding carboxylic acids is 1. The molecular weight excluding hydrogens is 264 g/mol. The summed E-state index contributed by atoms with van der Waals surface area (Å²) in [6.07, 6.45) is 0.661. The molecule has 1 fully saturated rings. The maximum atomic E-state index is 12.0. The highest BCUT2D eigenvalue weighted by atomic mass is 16.5. The normalized spacial score (nSPS) is 19.1. The van der Waals surface area contributed by atoms with Gasteiger partial charge < -0.3 is 15.4 Å². The van der Waals surface area contributed by atoms with Crippen molar-refractivity contribution >= 4 is 5.91 Å². The summed E-state index contributed by atoms with van der Waals surface area (Å²) < 4.78 is 5.70. The van der Waals surface area contributed by atoms with Gasteiger partial charge in [-0.3, -0.25) is 4.79 Å². The van der Waals surface area contributed by atoms with Crippen molar-refractivity contribution < 1.29 is 9.53 Å². The van der Waals surface area contributed by atoms with Crippen LogP contribution in [0.25, 0.3) is 0 Å². The Hall–Kier alpha value is -1.55. The molecule has 0 aliphatic carbocycles. The molecule has 0 bridgehead atoms. The van der Waals surface area contributed by atoms with E-state index in [1.54, 1.807) is 0 Å². The molecule has 1 aromatic rings. The van der Waals surface area contributed by atoms with Crippen molar-refractivity contribution in [1.29, 1.82) is 0 Å². The first-order valence-corrected chi connectivity index (χ1v) is 7.59. The van der Waals surface area contributed by atoms with Crippen molar-refractivity contribution in [1.82, 2.24) is 4.90 Å². The highest BCUT2D eigenvalue weighted by Crippen LogP contribution is 2.34.